The van der Waals surface area contributed by atoms with E-state index < -0.39 is 16.0 Å². The van der Waals surface area contributed by atoms with Gasteiger partial charge in [0.15, 0.2) is 0 Å². The number of anilines is 1. The molecule has 0 unspecified atom stereocenters. The highest BCUT2D eigenvalue weighted by Gasteiger charge is 2.10. The van der Waals surface area contributed by atoms with Crippen LogP contribution in [0.3, 0.4) is 0 Å². The lowest BCUT2D eigenvalue weighted by atomic mass is 10.2. The van der Waals surface area contributed by atoms with Gasteiger partial charge < -0.3 is 9.84 Å². The zero-order valence-corrected chi connectivity index (χ0v) is 9.54. The van der Waals surface area contributed by atoms with Crippen molar-refractivity contribution < 1.29 is 23.1 Å². The van der Waals surface area contributed by atoms with Gasteiger partial charge in [-0.2, -0.15) is 0 Å². The van der Waals surface area contributed by atoms with Gasteiger partial charge in [-0.3, -0.25) is 4.72 Å². The van der Waals surface area contributed by atoms with E-state index in [1.165, 1.54) is 25.3 Å². The molecule has 16 heavy (non-hydrogen) atoms. The maximum Gasteiger partial charge on any atom is 0.338 e. The fourth-order valence-electron chi connectivity index (χ4n) is 1.12. The SMILES string of the molecule is COC(=O)c1cc(O)cc(NS(C)(=O)=O)c1. The number of hydrogen-bond acceptors (Lipinski definition) is 5. The summed E-state index contributed by atoms with van der Waals surface area (Å²) < 4.78 is 28.5. The largest absolute Gasteiger partial charge is 0.508 e. The van der Waals surface area contributed by atoms with Crippen LogP contribution >= 0.6 is 0 Å². The molecule has 0 fully saturated rings. The van der Waals surface area contributed by atoms with Gasteiger partial charge in [-0.15, -0.1) is 0 Å². The number of phenolic OH excluding ortho intramolecular Hbond substituents is 1. The van der Waals surface area contributed by atoms with Crippen LogP contribution in [-0.4, -0.2) is 32.9 Å². The zero-order valence-electron chi connectivity index (χ0n) is 8.72. The van der Waals surface area contributed by atoms with Crippen LogP contribution in [0.4, 0.5) is 5.69 Å². The van der Waals surface area contributed by atoms with Crippen molar-refractivity contribution in [3.8, 4) is 5.75 Å². The first-order valence-corrected chi connectivity index (χ1v) is 6.11. The van der Waals surface area contributed by atoms with E-state index in [0.29, 0.717) is 0 Å². The Morgan fingerprint density at radius 2 is 2.00 bits per heavy atom. The first-order chi connectivity index (χ1) is 7.31. The third-order valence-electron chi connectivity index (χ3n) is 1.64. The van der Waals surface area contributed by atoms with Crippen molar-refractivity contribution in [2.75, 3.05) is 18.1 Å². The molecule has 0 aliphatic carbocycles. The fraction of sp³-hybridized carbons (Fsp3) is 0.222. The van der Waals surface area contributed by atoms with E-state index in [0.717, 1.165) is 6.26 Å². The van der Waals surface area contributed by atoms with Gasteiger partial charge in [-0.25, -0.2) is 13.2 Å². The third kappa shape index (κ3) is 3.43. The number of esters is 1. The minimum absolute atomic E-state index is 0.0636. The normalized spacial score (nSPS) is 10.9. The molecule has 0 heterocycles. The highest BCUT2D eigenvalue weighted by molar-refractivity contribution is 7.92. The Morgan fingerprint density at radius 3 is 2.50 bits per heavy atom. The van der Waals surface area contributed by atoms with Crippen LogP contribution < -0.4 is 4.72 Å². The summed E-state index contributed by atoms with van der Waals surface area (Å²) in [6.07, 6.45) is 0.967. The Bertz CT molecular complexity index is 509. The summed E-state index contributed by atoms with van der Waals surface area (Å²) in [4.78, 5) is 11.2. The number of sulfonamides is 1. The minimum atomic E-state index is -3.46. The van der Waals surface area contributed by atoms with Crippen molar-refractivity contribution in [2.24, 2.45) is 0 Å². The molecule has 0 saturated carbocycles. The van der Waals surface area contributed by atoms with Gasteiger partial charge in [0.1, 0.15) is 5.75 Å². The minimum Gasteiger partial charge on any atom is -0.508 e. The number of nitrogens with one attached hydrogen (secondary N) is 1. The van der Waals surface area contributed by atoms with Gasteiger partial charge in [0.25, 0.3) is 0 Å². The summed E-state index contributed by atoms with van der Waals surface area (Å²) in [7, 11) is -2.27. The molecule has 0 aliphatic rings. The van der Waals surface area contributed by atoms with Crippen molar-refractivity contribution >= 4 is 21.7 Å². The van der Waals surface area contributed by atoms with E-state index in [1.807, 2.05) is 0 Å². The second-order valence-electron chi connectivity index (χ2n) is 3.13. The summed E-state index contributed by atoms with van der Waals surface area (Å²) in [5.74, 6) is -0.887. The molecule has 0 amide bonds. The van der Waals surface area contributed by atoms with Crippen LogP contribution in [0, 0.1) is 0 Å². The second kappa shape index (κ2) is 4.40. The topological polar surface area (TPSA) is 92.7 Å². The molecule has 6 nitrogen and oxygen atoms in total. The molecule has 0 bridgehead atoms. The molecular weight excluding hydrogens is 234 g/mol. The van der Waals surface area contributed by atoms with Crippen LogP contribution in [0.25, 0.3) is 0 Å². The van der Waals surface area contributed by atoms with Gasteiger partial charge in [0.2, 0.25) is 10.0 Å². The van der Waals surface area contributed by atoms with Gasteiger partial charge in [-0.1, -0.05) is 0 Å². The Morgan fingerprint density at radius 1 is 1.38 bits per heavy atom. The van der Waals surface area contributed by atoms with Gasteiger partial charge in [0, 0.05) is 6.07 Å². The summed E-state index contributed by atoms with van der Waals surface area (Å²) in [6.45, 7) is 0. The molecule has 1 aromatic carbocycles. The van der Waals surface area contributed by atoms with Crippen LogP contribution in [0.1, 0.15) is 10.4 Å². The average molecular weight is 245 g/mol. The molecule has 1 aromatic rings. The van der Waals surface area contributed by atoms with E-state index in [-0.39, 0.29) is 17.0 Å². The Kier molecular flexibility index (Phi) is 3.38. The fourth-order valence-corrected chi connectivity index (χ4v) is 1.67. The van der Waals surface area contributed by atoms with E-state index in [9.17, 15) is 18.3 Å². The molecule has 88 valence electrons. The molecule has 0 spiro atoms. The van der Waals surface area contributed by atoms with E-state index in [4.69, 9.17) is 0 Å². The number of carbonyl (C=O) groups is 1. The Balaban J connectivity index is 3.13. The highest BCUT2D eigenvalue weighted by Crippen LogP contribution is 2.21. The van der Waals surface area contributed by atoms with Crippen molar-refractivity contribution in [2.45, 2.75) is 0 Å². The number of ether oxygens (including phenoxy) is 1. The van der Waals surface area contributed by atoms with Gasteiger partial charge in [-0.05, 0) is 12.1 Å². The highest BCUT2D eigenvalue weighted by atomic mass is 32.2. The lowest BCUT2D eigenvalue weighted by Crippen LogP contribution is -2.10. The second-order valence-corrected chi connectivity index (χ2v) is 4.88. The molecule has 1 rings (SSSR count). The lowest BCUT2D eigenvalue weighted by Gasteiger charge is -2.06. The number of carbonyl (C=O) groups excluding carboxylic acids is 1. The van der Waals surface area contributed by atoms with Gasteiger partial charge in [0.05, 0.1) is 24.6 Å². The van der Waals surface area contributed by atoms with Crippen molar-refractivity contribution in [1.29, 1.82) is 0 Å². The molecule has 0 radical (unpaired) electrons. The molecule has 2 N–H and O–H groups in total. The lowest BCUT2D eigenvalue weighted by molar-refractivity contribution is 0.0600. The van der Waals surface area contributed by atoms with Crippen molar-refractivity contribution in [3.05, 3.63) is 23.8 Å². The van der Waals surface area contributed by atoms with Gasteiger partial charge >= 0.3 is 5.97 Å². The number of phenols is 1. The molecular formula is C9H11NO5S. The summed E-state index contributed by atoms with van der Waals surface area (Å²) in [6, 6.07) is 3.64. The maximum atomic E-state index is 11.2. The van der Waals surface area contributed by atoms with E-state index in [1.54, 1.807) is 0 Å². The maximum absolute atomic E-state index is 11.2. The monoisotopic (exact) mass is 245 g/mol. The summed E-state index contributed by atoms with van der Waals surface area (Å²) in [5.41, 5.74) is 0.163. The quantitative estimate of drug-likeness (QED) is 0.758. The predicted molar refractivity (Wildman–Crippen MR) is 57.9 cm³/mol. The first kappa shape index (κ1) is 12.3. The Labute approximate surface area is 92.9 Å². The van der Waals surface area contributed by atoms with Crippen LogP contribution in [-0.2, 0) is 14.8 Å². The molecule has 0 atom stereocenters. The number of methoxy groups -OCH3 is 1. The number of aromatic hydroxyl groups is 1. The smallest absolute Gasteiger partial charge is 0.338 e. The number of hydrogen-bond donors (Lipinski definition) is 2. The zero-order chi connectivity index (χ0) is 12.3. The molecule has 0 saturated heterocycles. The molecule has 7 heteroatoms. The average Bonchev–Trinajstić information content (AvgIpc) is 2.12. The van der Waals surface area contributed by atoms with Crippen LogP contribution in [0.2, 0.25) is 0 Å². The van der Waals surface area contributed by atoms with Crippen LogP contribution in [0.15, 0.2) is 18.2 Å². The van der Waals surface area contributed by atoms with Crippen molar-refractivity contribution in [1.82, 2.24) is 0 Å². The van der Waals surface area contributed by atoms with Crippen LogP contribution in [0.5, 0.6) is 5.75 Å². The number of benzene rings is 1. The van der Waals surface area contributed by atoms with Crippen molar-refractivity contribution in [3.63, 3.8) is 0 Å². The predicted octanol–water partition coefficient (Wildman–Crippen LogP) is 0.550. The molecule has 0 aliphatic heterocycles. The molecule has 0 aromatic heterocycles. The van der Waals surface area contributed by atoms with E-state index >= 15 is 0 Å². The van der Waals surface area contributed by atoms with E-state index in [2.05, 4.69) is 9.46 Å². The third-order valence-corrected chi connectivity index (χ3v) is 2.25. The standard InChI is InChI=1S/C9H11NO5S/c1-15-9(12)6-3-7(5-8(11)4-6)10-16(2,13)14/h3-5,10-11H,1-2H3. The summed E-state index contributed by atoms with van der Waals surface area (Å²) >= 11 is 0. The summed E-state index contributed by atoms with van der Waals surface area (Å²) in [5, 5.41) is 9.29. The number of rotatable bonds is 3. The Hall–Kier alpha value is -1.76. The first-order valence-electron chi connectivity index (χ1n) is 4.22.